The van der Waals surface area contributed by atoms with Gasteiger partial charge in [0, 0.05) is 24.2 Å². The summed E-state index contributed by atoms with van der Waals surface area (Å²) in [5, 5.41) is 0.884. The van der Waals surface area contributed by atoms with Crippen molar-refractivity contribution in [2.24, 2.45) is 5.41 Å². The summed E-state index contributed by atoms with van der Waals surface area (Å²) < 4.78 is 5.69. The molecule has 2 aromatic rings. The summed E-state index contributed by atoms with van der Waals surface area (Å²) in [6, 6.07) is 7.23. The molecule has 3 rings (SSSR count). The minimum atomic E-state index is -0.00598. The van der Waals surface area contributed by atoms with E-state index in [2.05, 4.69) is 13.8 Å². The van der Waals surface area contributed by atoms with E-state index >= 15 is 0 Å². The Morgan fingerprint density at radius 1 is 1.33 bits per heavy atom. The third-order valence-electron chi connectivity index (χ3n) is 4.98. The van der Waals surface area contributed by atoms with Gasteiger partial charge in [0.2, 0.25) is 0 Å². The van der Waals surface area contributed by atoms with Crippen LogP contribution in [-0.4, -0.2) is 23.9 Å². The molecule has 0 atom stereocenters. The number of hydrogen-bond donors (Lipinski definition) is 1. The van der Waals surface area contributed by atoms with Crippen LogP contribution in [0.4, 0.5) is 5.69 Å². The first-order valence-corrected chi connectivity index (χ1v) is 7.65. The zero-order valence-corrected chi connectivity index (χ0v) is 12.7. The number of hydrogen-bond acceptors (Lipinski definition) is 3. The number of nitrogens with two attached hydrogens (primary N) is 1. The molecule has 1 aromatic carbocycles. The van der Waals surface area contributed by atoms with Crippen LogP contribution in [0.1, 0.15) is 43.7 Å². The Bertz CT molecular complexity index is 670. The fourth-order valence-electron chi connectivity index (χ4n) is 3.26. The smallest absolute Gasteiger partial charge is 0.289 e. The number of furan rings is 1. The summed E-state index contributed by atoms with van der Waals surface area (Å²) in [5.74, 6) is 0.409. The van der Waals surface area contributed by atoms with Crippen LogP contribution < -0.4 is 5.73 Å². The highest BCUT2D eigenvalue weighted by Crippen LogP contribution is 2.37. The highest BCUT2D eigenvalue weighted by molar-refractivity contribution is 5.96. The quantitative estimate of drug-likeness (QED) is 0.876. The molecule has 21 heavy (non-hydrogen) atoms. The van der Waals surface area contributed by atoms with E-state index in [-0.39, 0.29) is 11.3 Å². The molecular weight excluding hydrogens is 264 g/mol. The standard InChI is InChI=1S/C17H22N2O2/c1-3-17(4-2)7-8-19(11-17)16(20)15-10-12-9-13(18)5-6-14(12)21-15/h5-6,9-10H,3-4,7-8,11,18H2,1-2H3. The molecule has 1 aliphatic rings. The summed E-state index contributed by atoms with van der Waals surface area (Å²) >= 11 is 0. The lowest BCUT2D eigenvalue weighted by molar-refractivity contribution is 0.0740. The maximum atomic E-state index is 12.6. The molecule has 1 aliphatic heterocycles. The van der Waals surface area contributed by atoms with Crippen molar-refractivity contribution in [1.29, 1.82) is 0 Å². The zero-order chi connectivity index (χ0) is 15.0. The summed E-state index contributed by atoms with van der Waals surface area (Å²) in [6.07, 6.45) is 3.31. The minimum Gasteiger partial charge on any atom is -0.451 e. The minimum absolute atomic E-state index is 0.00598. The predicted octanol–water partition coefficient (Wildman–Crippen LogP) is 3.67. The van der Waals surface area contributed by atoms with E-state index in [0.717, 1.165) is 37.7 Å². The molecule has 1 amide bonds. The highest BCUT2D eigenvalue weighted by Gasteiger charge is 2.38. The Morgan fingerprint density at radius 2 is 2.10 bits per heavy atom. The average Bonchev–Trinajstić information content (AvgIpc) is 3.10. The van der Waals surface area contributed by atoms with Crippen LogP contribution in [0.2, 0.25) is 0 Å². The van der Waals surface area contributed by atoms with Gasteiger partial charge in [0.1, 0.15) is 5.58 Å². The lowest BCUT2D eigenvalue weighted by Gasteiger charge is -2.25. The number of carbonyl (C=O) groups excluding carboxylic acids is 1. The van der Waals surface area contributed by atoms with Crippen molar-refractivity contribution in [1.82, 2.24) is 4.90 Å². The molecule has 0 unspecified atom stereocenters. The second-order valence-corrected chi connectivity index (χ2v) is 6.09. The molecule has 0 bridgehead atoms. The molecule has 2 heterocycles. The van der Waals surface area contributed by atoms with Gasteiger partial charge in [-0.25, -0.2) is 0 Å². The number of anilines is 1. The van der Waals surface area contributed by atoms with E-state index in [0.29, 0.717) is 17.0 Å². The number of amides is 1. The number of nitrogens with zero attached hydrogens (tertiary/aromatic N) is 1. The van der Waals surface area contributed by atoms with Gasteiger partial charge in [-0.2, -0.15) is 0 Å². The fraction of sp³-hybridized carbons (Fsp3) is 0.471. The lowest BCUT2D eigenvalue weighted by Crippen LogP contribution is -2.31. The van der Waals surface area contributed by atoms with Crippen molar-refractivity contribution in [2.45, 2.75) is 33.1 Å². The Balaban J connectivity index is 1.84. The normalized spacial score (nSPS) is 17.5. The van der Waals surface area contributed by atoms with Crippen molar-refractivity contribution >= 4 is 22.6 Å². The topological polar surface area (TPSA) is 59.5 Å². The monoisotopic (exact) mass is 286 g/mol. The number of nitrogen functional groups attached to an aromatic ring is 1. The summed E-state index contributed by atoms with van der Waals surface area (Å²) in [4.78, 5) is 14.5. The van der Waals surface area contributed by atoms with Crippen LogP contribution in [0, 0.1) is 5.41 Å². The molecule has 112 valence electrons. The largest absolute Gasteiger partial charge is 0.451 e. The number of rotatable bonds is 3. The Kier molecular flexibility index (Phi) is 3.40. The average molecular weight is 286 g/mol. The molecule has 0 saturated carbocycles. The van der Waals surface area contributed by atoms with Crippen molar-refractivity contribution in [3.8, 4) is 0 Å². The molecule has 1 aromatic heterocycles. The Labute approximate surface area is 124 Å². The third kappa shape index (κ3) is 2.39. The SMILES string of the molecule is CCC1(CC)CCN(C(=O)c2cc3cc(N)ccc3o2)C1. The second kappa shape index (κ2) is 5.10. The predicted molar refractivity (Wildman–Crippen MR) is 84.2 cm³/mol. The molecule has 1 saturated heterocycles. The zero-order valence-electron chi connectivity index (χ0n) is 12.7. The van der Waals surface area contributed by atoms with Gasteiger partial charge < -0.3 is 15.1 Å². The summed E-state index contributed by atoms with van der Waals surface area (Å²) in [5.41, 5.74) is 7.44. The second-order valence-electron chi connectivity index (χ2n) is 6.09. The molecule has 0 spiro atoms. The highest BCUT2D eigenvalue weighted by atomic mass is 16.3. The van der Waals surface area contributed by atoms with Crippen LogP contribution in [0.25, 0.3) is 11.0 Å². The molecule has 4 nitrogen and oxygen atoms in total. The van der Waals surface area contributed by atoms with Crippen LogP contribution >= 0.6 is 0 Å². The first kappa shape index (κ1) is 14.0. The molecule has 0 radical (unpaired) electrons. The number of fused-ring (bicyclic) bond motifs is 1. The van der Waals surface area contributed by atoms with Crippen molar-refractivity contribution in [3.63, 3.8) is 0 Å². The maximum absolute atomic E-state index is 12.6. The van der Waals surface area contributed by atoms with Gasteiger partial charge >= 0.3 is 0 Å². The van der Waals surface area contributed by atoms with Crippen LogP contribution in [0.15, 0.2) is 28.7 Å². The first-order valence-electron chi connectivity index (χ1n) is 7.65. The Hall–Kier alpha value is -1.97. The first-order chi connectivity index (χ1) is 10.1. The van der Waals surface area contributed by atoms with Gasteiger partial charge in [0.05, 0.1) is 0 Å². The van der Waals surface area contributed by atoms with Gasteiger partial charge in [-0.3, -0.25) is 4.79 Å². The van der Waals surface area contributed by atoms with E-state index in [1.807, 2.05) is 17.0 Å². The Morgan fingerprint density at radius 3 is 2.76 bits per heavy atom. The van der Waals surface area contributed by atoms with Crippen molar-refractivity contribution < 1.29 is 9.21 Å². The fourth-order valence-corrected chi connectivity index (χ4v) is 3.26. The molecule has 4 heteroatoms. The number of likely N-dealkylation sites (tertiary alicyclic amines) is 1. The van der Waals surface area contributed by atoms with Crippen LogP contribution in [0.5, 0.6) is 0 Å². The van der Waals surface area contributed by atoms with Crippen LogP contribution in [0.3, 0.4) is 0 Å². The van der Waals surface area contributed by atoms with Crippen LogP contribution in [-0.2, 0) is 0 Å². The van der Waals surface area contributed by atoms with E-state index in [1.54, 1.807) is 12.1 Å². The van der Waals surface area contributed by atoms with Gasteiger partial charge in [-0.05, 0) is 48.9 Å². The van der Waals surface area contributed by atoms with E-state index in [4.69, 9.17) is 10.2 Å². The van der Waals surface area contributed by atoms with Gasteiger partial charge in [-0.1, -0.05) is 13.8 Å². The maximum Gasteiger partial charge on any atom is 0.289 e. The van der Waals surface area contributed by atoms with E-state index in [1.165, 1.54) is 0 Å². The van der Waals surface area contributed by atoms with Gasteiger partial charge in [-0.15, -0.1) is 0 Å². The molecular formula is C17H22N2O2. The van der Waals surface area contributed by atoms with Crippen molar-refractivity contribution in [3.05, 3.63) is 30.0 Å². The molecule has 0 aliphatic carbocycles. The summed E-state index contributed by atoms with van der Waals surface area (Å²) in [7, 11) is 0. The lowest BCUT2D eigenvalue weighted by atomic mass is 9.82. The molecule has 1 fully saturated rings. The van der Waals surface area contributed by atoms with E-state index in [9.17, 15) is 4.79 Å². The van der Waals surface area contributed by atoms with Crippen molar-refractivity contribution in [2.75, 3.05) is 18.8 Å². The number of carbonyl (C=O) groups is 1. The number of benzene rings is 1. The van der Waals surface area contributed by atoms with Gasteiger partial charge in [0.15, 0.2) is 5.76 Å². The molecule has 2 N–H and O–H groups in total. The van der Waals surface area contributed by atoms with E-state index < -0.39 is 0 Å². The van der Waals surface area contributed by atoms with Gasteiger partial charge in [0.25, 0.3) is 5.91 Å². The third-order valence-corrected chi connectivity index (χ3v) is 4.98. The summed E-state index contributed by atoms with van der Waals surface area (Å²) in [6.45, 7) is 6.07.